The van der Waals surface area contributed by atoms with Gasteiger partial charge in [0.15, 0.2) is 0 Å². The molecule has 0 unspecified atom stereocenters. The molecule has 4 heteroatoms. The molecule has 2 aromatic rings. The van der Waals surface area contributed by atoms with E-state index >= 15 is 0 Å². The Hall–Kier alpha value is -1.84. The Morgan fingerprint density at radius 3 is 2.78 bits per heavy atom. The van der Waals surface area contributed by atoms with Crippen LogP contribution in [0.1, 0.15) is 32.0 Å². The second-order valence-electron chi connectivity index (χ2n) is 4.67. The van der Waals surface area contributed by atoms with Gasteiger partial charge in [0.25, 0.3) is 0 Å². The van der Waals surface area contributed by atoms with Gasteiger partial charge in [0.2, 0.25) is 0 Å². The van der Waals surface area contributed by atoms with E-state index in [2.05, 4.69) is 0 Å². The molecule has 96 valence electrons. The minimum atomic E-state index is -0.837. The number of aryl methyl sites for hydroxylation is 1. The Balaban J connectivity index is 2.54. The van der Waals surface area contributed by atoms with E-state index in [1.165, 1.54) is 6.07 Å². The topological polar surface area (TPSA) is 42.2 Å². The molecule has 1 N–H and O–H groups in total. The van der Waals surface area contributed by atoms with Gasteiger partial charge in [-0.25, -0.2) is 4.39 Å². The molecule has 0 fully saturated rings. The van der Waals surface area contributed by atoms with Crippen molar-refractivity contribution >= 4 is 16.9 Å². The Kier molecular flexibility index (Phi) is 3.36. The van der Waals surface area contributed by atoms with E-state index in [0.717, 1.165) is 11.2 Å². The summed E-state index contributed by atoms with van der Waals surface area (Å²) in [6, 6.07) is 6.90. The highest BCUT2D eigenvalue weighted by molar-refractivity contribution is 5.82. The Morgan fingerprint density at radius 1 is 1.44 bits per heavy atom. The molecule has 0 saturated carbocycles. The second-order valence-corrected chi connectivity index (χ2v) is 4.67. The van der Waals surface area contributed by atoms with E-state index in [0.29, 0.717) is 11.8 Å². The van der Waals surface area contributed by atoms with E-state index < -0.39 is 5.97 Å². The number of hydrogen-bond donors (Lipinski definition) is 1. The fraction of sp³-hybridized carbons (Fsp3) is 0.357. The van der Waals surface area contributed by atoms with Crippen LogP contribution in [0.4, 0.5) is 4.39 Å². The monoisotopic (exact) mass is 249 g/mol. The molecule has 0 aliphatic heterocycles. The third-order valence-electron chi connectivity index (χ3n) is 3.02. The van der Waals surface area contributed by atoms with Crippen molar-refractivity contribution in [1.82, 2.24) is 4.57 Å². The van der Waals surface area contributed by atoms with Crippen molar-refractivity contribution in [3.63, 3.8) is 0 Å². The van der Waals surface area contributed by atoms with Gasteiger partial charge in [0, 0.05) is 17.1 Å². The molecular formula is C14H16FNO2. The lowest BCUT2D eigenvalue weighted by Crippen LogP contribution is -2.07. The maximum absolute atomic E-state index is 13.7. The highest BCUT2D eigenvalue weighted by Crippen LogP contribution is 2.26. The van der Waals surface area contributed by atoms with Crippen LogP contribution in [0.3, 0.4) is 0 Å². The molecule has 0 spiro atoms. The molecule has 0 saturated heterocycles. The van der Waals surface area contributed by atoms with Crippen molar-refractivity contribution < 1.29 is 14.3 Å². The maximum atomic E-state index is 13.7. The second kappa shape index (κ2) is 4.80. The van der Waals surface area contributed by atoms with Crippen molar-refractivity contribution in [3.8, 4) is 0 Å². The van der Waals surface area contributed by atoms with Crippen molar-refractivity contribution in [2.75, 3.05) is 0 Å². The standard InChI is InChI=1S/C14H16FNO2/c1-9(2)16-10(6-7-14(17)18)8-11-12(15)4-3-5-13(11)16/h3-5,8-9H,6-7H2,1-2H3,(H,17,18). The number of nitrogens with zero attached hydrogens (tertiary/aromatic N) is 1. The minimum absolute atomic E-state index is 0.0602. The number of fused-ring (bicyclic) bond motifs is 1. The lowest BCUT2D eigenvalue weighted by molar-refractivity contribution is -0.136. The quantitative estimate of drug-likeness (QED) is 0.902. The molecule has 0 amide bonds. The number of hydrogen-bond acceptors (Lipinski definition) is 1. The molecule has 0 aliphatic rings. The molecule has 2 rings (SSSR count). The van der Waals surface area contributed by atoms with Crippen LogP contribution in [-0.4, -0.2) is 15.6 Å². The summed E-state index contributed by atoms with van der Waals surface area (Å²) >= 11 is 0. The number of aromatic nitrogens is 1. The normalized spacial score (nSPS) is 11.3. The average Bonchev–Trinajstić information content (AvgIpc) is 2.66. The number of rotatable bonds is 4. The van der Waals surface area contributed by atoms with Crippen LogP contribution in [-0.2, 0) is 11.2 Å². The number of benzene rings is 1. The summed E-state index contributed by atoms with van der Waals surface area (Å²) in [5.74, 6) is -1.10. The van der Waals surface area contributed by atoms with Crippen LogP contribution in [0.25, 0.3) is 10.9 Å². The zero-order chi connectivity index (χ0) is 13.3. The van der Waals surface area contributed by atoms with Gasteiger partial charge in [-0.2, -0.15) is 0 Å². The summed E-state index contributed by atoms with van der Waals surface area (Å²) in [6.45, 7) is 4.02. The van der Waals surface area contributed by atoms with Crippen LogP contribution >= 0.6 is 0 Å². The van der Waals surface area contributed by atoms with Gasteiger partial charge >= 0.3 is 5.97 Å². The highest BCUT2D eigenvalue weighted by atomic mass is 19.1. The molecule has 1 aromatic heterocycles. The predicted octanol–water partition coefficient (Wildman–Crippen LogP) is 3.38. The Morgan fingerprint density at radius 2 is 2.17 bits per heavy atom. The smallest absolute Gasteiger partial charge is 0.303 e. The van der Waals surface area contributed by atoms with Crippen LogP contribution in [0.2, 0.25) is 0 Å². The maximum Gasteiger partial charge on any atom is 0.303 e. The predicted molar refractivity (Wildman–Crippen MR) is 68.2 cm³/mol. The first-order valence-electron chi connectivity index (χ1n) is 6.01. The fourth-order valence-electron chi connectivity index (χ4n) is 2.31. The number of halogens is 1. The van der Waals surface area contributed by atoms with Gasteiger partial charge < -0.3 is 9.67 Å². The van der Waals surface area contributed by atoms with Gasteiger partial charge in [-0.15, -0.1) is 0 Å². The van der Waals surface area contributed by atoms with Crippen LogP contribution in [0.15, 0.2) is 24.3 Å². The summed E-state index contributed by atoms with van der Waals surface area (Å²) in [4.78, 5) is 10.7. The zero-order valence-electron chi connectivity index (χ0n) is 10.5. The zero-order valence-corrected chi connectivity index (χ0v) is 10.5. The third-order valence-corrected chi connectivity index (χ3v) is 3.02. The molecule has 0 atom stereocenters. The van der Waals surface area contributed by atoms with Crippen molar-refractivity contribution in [3.05, 3.63) is 35.8 Å². The molecule has 0 aliphatic carbocycles. The number of carboxylic acids is 1. The summed E-state index contributed by atoms with van der Waals surface area (Å²) in [5, 5.41) is 9.31. The lowest BCUT2D eigenvalue weighted by atomic mass is 10.2. The molecule has 0 radical (unpaired) electrons. The molecule has 1 aromatic carbocycles. The molecular weight excluding hydrogens is 233 g/mol. The first-order chi connectivity index (χ1) is 8.50. The third kappa shape index (κ3) is 2.23. The van der Waals surface area contributed by atoms with Gasteiger partial charge in [-0.3, -0.25) is 4.79 Å². The Labute approximate surface area is 105 Å². The van der Waals surface area contributed by atoms with Crippen LogP contribution in [0, 0.1) is 5.82 Å². The fourth-order valence-corrected chi connectivity index (χ4v) is 2.31. The first kappa shape index (κ1) is 12.6. The summed E-state index contributed by atoms with van der Waals surface area (Å²) in [5.41, 5.74) is 1.69. The van der Waals surface area contributed by atoms with Crippen LogP contribution in [0.5, 0.6) is 0 Å². The molecule has 1 heterocycles. The number of carboxylic acid groups (broad SMARTS) is 1. The van der Waals surface area contributed by atoms with E-state index in [9.17, 15) is 9.18 Å². The number of carbonyl (C=O) groups is 1. The SMILES string of the molecule is CC(C)n1c(CCC(=O)O)cc2c(F)cccc21. The van der Waals surface area contributed by atoms with E-state index in [1.807, 2.05) is 24.5 Å². The Bertz CT molecular complexity index is 587. The summed E-state index contributed by atoms with van der Waals surface area (Å²) in [7, 11) is 0. The van der Waals surface area contributed by atoms with E-state index in [4.69, 9.17) is 5.11 Å². The van der Waals surface area contributed by atoms with Crippen LogP contribution < -0.4 is 0 Å². The van der Waals surface area contributed by atoms with E-state index in [1.54, 1.807) is 12.1 Å². The minimum Gasteiger partial charge on any atom is -0.481 e. The van der Waals surface area contributed by atoms with Gasteiger partial charge in [-0.1, -0.05) is 6.07 Å². The molecule has 0 bridgehead atoms. The number of aliphatic carboxylic acids is 1. The van der Waals surface area contributed by atoms with Crippen molar-refractivity contribution in [2.24, 2.45) is 0 Å². The highest BCUT2D eigenvalue weighted by Gasteiger charge is 2.14. The summed E-state index contributed by atoms with van der Waals surface area (Å²) in [6.07, 6.45) is 0.478. The van der Waals surface area contributed by atoms with Gasteiger partial charge in [-0.05, 0) is 38.5 Å². The average molecular weight is 249 g/mol. The molecule has 18 heavy (non-hydrogen) atoms. The van der Waals surface area contributed by atoms with Gasteiger partial charge in [0.1, 0.15) is 5.82 Å². The first-order valence-corrected chi connectivity index (χ1v) is 6.01. The van der Waals surface area contributed by atoms with Crippen molar-refractivity contribution in [1.29, 1.82) is 0 Å². The largest absolute Gasteiger partial charge is 0.481 e. The van der Waals surface area contributed by atoms with Gasteiger partial charge in [0.05, 0.1) is 11.9 Å². The van der Waals surface area contributed by atoms with Crippen molar-refractivity contribution in [2.45, 2.75) is 32.7 Å². The molecule has 3 nitrogen and oxygen atoms in total. The lowest BCUT2D eigenvalue weighted by Gasteiger charge is -2.14. The summed E-state index contributed by atoms with van der Waals surface area (Å²) < 4.78 is 15.7. The van der Waals surface area contributed by atoms with E-state index in [-0.39, 0.29) is 18.3 Å².